The zero-order valence-electron chi connectivity index (χ0n) is 27.3. The zero-order chi connectivity index (χ0) is 32.8. The molecule has 1 saturated heterocycles. The second-order valence-corrected chi connectivity index (χ2v) is 12.8. The molecule has 1 aliphatic carbocycles. The van der Waals surface area contributed by atoms with Crippen molar-refractivity contribution in [2.45, 2.75) is 57.8 Å². The van der Waals surface area contributed by atoms with Crippen molar-refractivity contribution in [2.24, 2.45) is 11.7 Å². The fourth-order valence-electron chi connectivity index (χ4n) is 6.68. The van der Waals surface area contributed by atoms with E-state index in [4.69, 9.17) is 25.2 Å². The quantitative estimate of drug-likeness (QED) is 0.239. The number of nitrogens with zero attached hydrogens (tertiary/aromatic N) is 5. The van der Waals surface area contributed by atoms with E-state index in [1.807, 2.05) is 48.6 Å². The van der Waals surface area contributed by atoms with Crippen LogP contribution in [-0.4, -0.2) is 75.1 Å². The number of carbonyl (C=O) groups excluding carboxylic acids is 2. The van der Waals surface area contributed by atoms with Gasteiger partial charge in [-0.1, -0.05) is 18.2 Å². The maximum Gasteiger partial charge on any atom is 0.254 e. The summed E-state index contributed by atoms with van der Waals surface area (Å²) in [6.07, 6.45) is 2.99. The van der Waals surface area contributed by atoms with Gasteiger partial charge in [-0.05, 0) is 75.4 Å². The molecule has 5 heterocycles. The van der Waals surface area contributed by atoms with Gasteiger partial charge in [0.2, 0.25) is 0 Å². The number of rotatable bonds is 9. The van der Waals surface area contributed by atoms with Crippen LogP contribution in [-0.2, 0) is 11.3 Å². The zero-order valence-corrected chi connectivity index (χ0v) is 27.3. The minimum absolute atomic E-state index is 0.0576. The number of benzene rings is 1. The van der Waals surface area contributed by atoms with E-state index in [2.05, 4.69) is 22.0 Å². The van der Waals surface area contributed by atoms with Gasteiger partial charge in [-0.15, -0.1) is 0 Å². The van der Waals surface area contributed by atoms with Crippen LogP contribution in [0.4, 0.5) is 0 Å². The second kappa shape index (κ2) is 12.5. The molecule has 1 aliphatic heterocycles. The maximum absolute atomic E-state index is 13.6. The van der Waals surface area contributed by atoms with Crippen LogP contribution in [0.1, 0.15) is 64.3 Å². The average molecular weight is 636 g/mol. The van der Waals surface area contributed by atoms with E-state index < -0.39 is 0 Å². The summed E-state index contributed by atoms with van der Waals surface area (Å²) in [5, 5.41) is 4.09. The first-order chi connectivity index (χ1) is 22.7. The van der Waals surface area contributed by atoms with Crippen LogP contribution >= 0.6 is 0 Å². The smallest absolute Gasteiger partial charge is 0.254 e. The Morgan fingerprint density at radius 3 is 2.51 bits per heavy atom. The molecule has 0 bridgehead atoms. The van der Waals surface area contributed by atoms with Crippen molar-refractivity contribution in [3.63, 3.8) is 0 Å². The summed E-state index contributed by atoms with van der Waals surface area (Å²) in [6.45, 7) is 5.80. The van der Waals surface area contributed by atoms with Crippen LogP contribution in [0.15, 0.2) is 60.7 Å². The minimum Gasteiger partial charge on any atom is -0.482 e. The number of hydrogen-bond acceptors (Lipinski definition) is 7. The first-order valence-corrected chi connectivity index (χ1v) is 16.3. The van der Waals surface area contributed by atoms with E-state index in [0.29, 0.717) is 48.1 Å². The number of fused-ring (bicyclic) bond motifs is 2. The third kappa shape index (κ3) is 5.85. The number of aryl methyl sites for hydroxylation is 1. The third-order valence-corrected chi connectivity index (χ3v) is 9.53. The number of imidazole rings is 1. The Bertz CT molecular complexity index is 1960. The highest BCUT2D eigenvalue weighted by Crippen LogP contribution is 2.37. The van der Waals surface area contributed by atoms with Gasteiger partial charge in [0.15, 0.2) is 5.88 Å². The topological polar surface area (TPSA) is 129 Å². The summed E-state index contributed by atoms with van der Waals surface area (Å²) in [5.74, 6) is 0.871. The maximum atomic E-state index is 13.6. The van der Waals surface area contributed by atoms with Crippen molar-refractivity contribution in [1.29, 1.82) is 0 Å². The molecule has 2 aliphatic rings. The molecule has 5 aromatic rings. The number of nitrogens with one attached hydrogen (secondary N) is 1. The largest absolute Gasteiger partial charge is 0.482 e. The molecule has 3 atom stereocenters. The normalized spacial score (nSPS) is 18.9. The summed E-state index contributed by atoms with van der Waals surface area (Å²) < 4.78 is 15.5. The monoisotopic (exact) mass is 635 g/mol. The molecule has 244 valence electrons. The van der Waals surface area contributed by atoms with E-state index in [0.717, 1.165) is 40.4 Å². The van der Waals surface area contributed by atoms with Crippen molar-refractivity contribution >= 4 is 28.5 Å². The van der Waals surface area contributed by atoms with Gasteiger partial charge in [0.25, 0.3) is 11.8 Å². The Labute approximate surface area is 273 Å². The molecule has 7 rings (SSSR count). The van der Waals surface area contributed by atoms with Crippen molar-refractivity contribution < 1.29 is 19.1 Å². The number of aromatic nitrogens is 4. The molecule has 2 fully saturated rings. The first-order valence-electron chi connectivity index (χ1n) is 16.3. The lowest BCUT2D eigenvalue weighted by Crippen LogP contribution is -2.53. The van der Waals surface area contributed by atoms with Crippen LogP contribution in [0.3, 0.4) is 0 Å². The number of nitrogens with two attached hydrogens (primary N) is 1. The number of piperidine rings is 1. The van der Waals surface area contributed by atoms with E-state index in [1.54, 1.807) is 37.3 Å². The molecule has 0 radical (unpaired) electrons. The molecule has 3 N–H and O–H groups in total. The lowest BCUT2D eigenvalue weighted by Gasteiger charge is -2.36. The molecule has 1 saturated carbocycles. The van der Waals surface area contributed by atoms with E-state index in [1.165, 1.54) is 12.8 Å². The van der Waals surface area contributed by atoms with E-state index in [9.17, 15) is 9.59 Å². The molecule has 0 unspecified atom stereocenters. The average Bonchev–Trinajstić information content (AvgIpc) is 3.76. The molecular formula is C36H41N7O4. The molecule has 11 heteroatoms. The van der Waals surface area contributed by atoms with Crippen LogP contribution in [0.5, 0.6) is 5.88 Å². The predicted octanol–water partition coefficient (Wildman–Crippen LogP) is 4.76. The minimum atomic E-state index is -0.285. The Morgan fingerprint density at radius 1 is 1.02 bits per heavy atom. The lowest BCUT2D eigenvalue weighted by molar-refractivity contribution is 0.0227. The van der Waals surface area contributed by atoms with Crippen LogP contribution in [0, 0.1) is 12.8 Å². The van der Waals surface area contributed by atoms with Crippen molar-refractivity contribution in [3.05, 3.63) is 83.2 Å². The van der Waals surface area contributed by atoms with Gasteiger partial charge in [-0.3, -0.25) is 14.0 Å². The van der Waals surface area contributed by atoms with E-state index >= 15 is 0 Å². The van der Waals surface area contributed by atoms with Gasteiger partial charge in [-0.25, -0.2) is 9.97 Å². The summed E-state index contributed by atoms with van der Waals surface area (Å²) in [7, 11) is 3.26. The molecule has 4 aromatic heterocycles. The standard InChI is InChI=1S/C36H41N7O4/c1-21(38-35(44)24-8-6-5-7-9-24)28-13-12-25-16-29(42(34(25)39-28)19-23-10-11-23)33-22(2)43-31(40-33)17-26(18-32(43)47-4)36(45)41-15-14-30(46-3)27(37)20-41/h5-9,12-13,16-18,21,23,27,30H,10-11,14-15,19-20,37H2,1-4H3,(H,38,44)/t21-,27+,30-/m1/s1. The van der Waals surface area contributed by atoms with Gasteiger partial charge in [-0.2, -0.15) is 0 Å². The Kier molecular flexibility index (Phi) is 8.19. The SMILES string of the molecule is COc1cc(C(=O)N2CC[C@@H](OC)[C@@H](N)C2)cc2nc(-c3cc4ccc([C@@H](C)NC(=O)c5ccccc5)nc4n3CC3CC3)c(C)n12. The predicted molar refractivity (Wildman–Crippen MR) is 180 cm³/mol. The number of ether oxygens (including phenoxy) is 2. The third-order valence-electron chi connectivity index (χ3n) is 9.53. The highest BCUT2D eigenvalue weighted by molar-refractivity contribution is 5.96. The van der Waals surface area contributed by atoms with Crippen molar-refractivity contribution in [1.82, 2.24) is 29.2 Å². The summed E-state index contributed by atoms with van der Waals surface area (Å²) in [4.78, 5) is 38.5. The van der Waals surface area contributed by atoms with Crippen molar-refractivity contribution in [2.75, 3.05) is 27.3 Å². The molecule has 0 spiro atoms. The highest BCUT2D eigenvalue weighted by Gasteiger charge is 2.31. The Hall–Kier alpha value is -4.74. The van der Waals surface area contributed by atoms with E-state index in [-0.39, 0.29) is 30.0 Å². The fourth-order valence-corrected chi connectivity index (χ4v) is 6.68. The van der Waals surface area contributed by atoms with Gasteiger partial charge in [0, 0.05) is 55.4 Å². The van der Waals surface area contributed by atoms with Gasteiger partial charge in [0.1, 0.15) is 17.0 Å². The lowest BCUT2D eigenvalue weighted by atomic mass is 10.0. The van der Waals surface area contributed by atoms with Crippen LogP contribution < -0.4 is 15.8 Å². The number of pyridine rings is 2. The first kappa shape index (κ1) is 30.9. The molecular weight excluding hydrogens is 594 g/mol. The molecule has 1 aromatic carbocycles. The summed E-state index contributed by atoms with van der Waals surface area (Å²) in [6, 6.07) is 18.5. The number of hydrogen-bond donors (Lipinski definition) is 2. The fraction of sp³-hybridized carbons (Fsp3) is 0.389. The number of likely N-dealkylation sites (tertiary alicyclic amines) is 1. The number of amides is 2. The van der Waals surface area contributed by atoms with Crippen molar-refractivity contribution in [3.8, 4) is 17.3 Å². The number of methoxy groups -OCH3 is 2. The van der Waals surface area contributed by atoms with Gasteiger partial charge in [0.05, 0.1) is 36.3 Å². The molecule has 2 amide bonds. The highest BCUT2D eigenvalue weighted by atomic mass is 16.5. The van der Waals surface area contributed by atoms with Crippen LogP contribution in [0.25, 0.3) is 28.1 Å². The van der Waals surface area contributed by atoms with Crippen LogP contribution in [0.2, 0.25) is 0 Å². The van der Waals surface area contributed by atoms with Gasteiger partial charge < -0.3 is 30.0 Å². The molecule has 47 heavy (non-hydrogen) atoms. The Balaban J connectivity index is 1.25. The Morgan fingerprint density at radius 2 is 1.81 bits per heavy atom. The number of carbonyl (C=O) groups is 2. The summed E-state index contributed by atoms with van der Waals surface area (Å²) in [5.41, 5.74) is 12.4. The molecule has 11 nitrogen and oxygen atoms in total. The second-order valence-electron chi connectivity index (χ2n) is 12.8. The summed E-state index contributed by atoms with van der Waals surface area (Å²) >= 11 is 0. The van der Waals surface area contributed by atoms with Gasteiger partial charge >= 0.3 is 0 Å².